The number of nitrogens with one attached hydrogen (secondary N) is 1. The average Bonchev–Trinajstić information content (AvgIpc) is 3.01. The minimum absolute atomic E-state index is 0.120. The quantitative estimate of drug-likeness (QED) is 0.484. The predicted octanol–water partition coefficient (Wildman–Crippen LogP) is 3.36. The van der Waals surface area contributed by atoms with Crippen molar-refractivity contribution in [1.29, 1.82) is 0 Å². The first-order valence-corrected chi connectivity index (χ1v) is 9.38. The van der Waals surface area contributed by atoms with Crippen molar-refractivity contribution < 1.29 is 9.53 Å². The Bertz CT molecular complexity index is 976. The van der Waals surface area contributed by atoms with Gasteiger partial charge in [-0.2, -0.15) is 0 Å². The maximum absolute atomic E-state index is 12.3. The summed E-state index contributed by atoms with van der Waals surface area (Å²) in [5, 5.41) is 11.9. The van der Waals surface area contributed by atoms with Crippen LogP contribution in [0.5, 0.6) is 5.75 Å². The van der Waals surface area contributed by atoms with Crippen LogP contribution in [-0.2, 0) is 4.79 Å². The molecular formula is C18H18ClN5O2S. The molecular weight excluding hydrogens is 386 g/mol. The van der Waals surface area contributed by atoms with Crippen molar-refractivity contribution in [2.75, 3.05) is 24.0 Å². The van der Waals surface area contributed by atoms with E-state index in [-0.39, 0.29) is 11.7 Å². The summed E-state index contributed by atoms with van der Waals surface area (Å²) in [6, 6.07) is 12.8. The molecule has 0 fully saturated rings. The van der Waals surface area contributed by atoms with E-state index in [1.54, 1.807) is 19.2 Å². The Balaban J connectivity index is 1.68. The molecule has 0 bridgehead atoms. The zero-order valence-electron chi connectivity index (χ0n) is 14.8. The number of hydrogen-bond acceptors (Lipinski definition) is 6. The van der Waals surface area contributed by atoms with Crippen LogP contribution in [0.25, 0.3) is 11.4 Å². The Morgan fingerprint density at radius 1 is 1.30 bits per heavy atom. The van der Waals surface area contributed by atoms with Gasteiger partial charge in [-0.15, -0.1) is 10.2 Å². The number of aryl methyl sites for hydroxylation is 1. The molecule has 0 atom stereocenters. The Labute approximate surface area is 165 Å². The number of nitrogens with zero attached hydrogens (tertiary/aromatic N) is 3. The van der Waals surface area contributed by atoms with Crippen LogP contribution < -0.4 is 15.9 Å². The number of halogens is 1. The molecule has 0 aliphatic carbocycles. The van der Waals surface area contributed by atoms with Crippen LogP contribution in [0.4, 0.5) is 5.69 Å². The lowest BCUT2D eigenvalue weighted by Gasteiger charge is -2.10. The van der Waals surface area contributed by atoms with Gasteiger partial charge >= 0.3 is 0 Å². The first-order valence-electron chi connectivity index (χ1n) is 8.02. The number of carbonyl (C=O) groups excluding carboxylic acids is 1. The Hall–Kier alpha value is -2.71. The van der Waals surface area contributed by atoms with E-state index in [0.29, 0.717) is 33.0 Å². The fraction of sp³-hybridized carbons (Fsp3) is 0.167. The second-order valence-corrected chi connectivity index (χ2v) is 7.05. The topological polar surface area (TPSA) is 95.1 Å². The van der Waals surface area contributed by atoms with Crippen molar-refractivity contribution in [3.8, 4) is 17.1 Å². The monoisotopic (exact) mass is 403 g/mol. The number of carbonyl (C=O) groups is 1. The summed E-state index contributed by atoms with van der Waals surface area (Å²) in [6.45, 7) is 1.94. The molecule has 0 unspecified atom stereocenters. The summed E-state index contributed by atoms with van der Waals surface area (Å²) in [6.07, 6.45) is 0. The van der Waals surface area contributed by atoms with Gasteiger partial charge in [-0.05, 0) is 36.8 Å². The summed E-state index contributed by atoms with van der Waals surface area (Å²) in [7, 11) is 1.56. The van der Waals surface area contributed by atoms with Crippen LogP contribution in [0.2, 0.25) is 5.02 Å². The molecule has 3 aromatic rings. The van der Waals surface area contributed by atoms with Gasteiger partial charge in [0.1, 0.15) is 5.75 Å². The number of nitrogen functional groups attached to an aromatic ring is 1. The maximum Gasteiger partial charge on any atom is 0.234 e. The number of aromatic nitrogens is 3. The standard InChI is InChI=1S/C18H18ClN5O2S/c1-11-7-8-15(26-2)14(9-11)21-16(25)10-27-18-23-22-17(24(18)20)12-5-3-4-6-13(12)19/h3-9H,10,20H2,1-2H3,(H,21,25). The zero-order chi connectivity index (χ0) is 19.4. The van der Waals surface area contributed by atoms with Crippen LogP contribution >= 0.6 is 23.4 Å². The highest BCUT2D eigenvalue weighted by molar-refractivity contribution is 7.99. The lowest BCUT2D eigenvalue weighted by atomic mass is 10.2. The number of benzene rings is 2. The summed E-state index contributed by atoms with van der Waals surface area (Å²) >= 11 is 7.36. The molecule has 1 heterocycles. The van der Waals surface area contributed by atoms with Crippen molar-refractivity contribution in [3.05, 3.63) is 53.1 Å². The molecule has 0 saturated heterocycles. The number of methoxy groups -OCH3 is 1. The molecule has 0 spiro atoms. The summed E-state index contributed by atoms with van der Waals surface area (Å²) in [5.41, 5.74) is 2.31. The van der Waals surface area contributed by atoms with Crippen LogP contribution in [-0.4, -0.2) is 33.6 Å². The fourth-order valence-corrected chi connectivity index (χ4v) is 3.31. The molecule has 0 saturated carbocycles. The van der Waals surface area contributed by atoms with Crippen LogP contribution in [0, 0.1) is 6.92 Å². The van der Waals surface area contributed by atoms with E-state index in [4.69, 9.17) is 22.2 Å². The number of thioether (sulfide) groups is 1. The second-order valence-electron chi connectivity index (χ2n) is 5.70. The zero-order valence-corrected chi connectivity index (χ0v) is 16.3. The molecule has 0 aliphatic rings. The number of nitrogens with two attached hydrogens (primary N) is 1. The smallest absolute Gasteiger partial charge is 0.234 e. The molecule has 9 heteroatoms. The van der Waals surface area contributed by atoms with Gasteiger partial charge in [0.25, 0.3) is 0 Å². The maximum atomic E-state index is 12.3. The highest BCUT2D eigenvalue weighted by atomic mass is 35.5. The van der Waals surface area contributed by atoms with Crippen LogP contribution in [0.15, 0.2) is 47.6 Å². The van der Waals surface area contributed by atoms with Gasteiger partial charge in [-0.1, -0.05) is 41.6 Å². The Morgan fingerprint density at radius 3 is 2.81 bits per heavy atom. The highest BCUT2D eigenvalue weighted by Crippen LogP contribution is 2.28. The predicted molar refractivity (Wildman–Crippen MR) is 108 cm³/mol. The molecule has 140 valence electrons. The highest BCUT2D eigenvalue weighted by Gasteiger charge is 2.16. The number of ether oxygens (including phenoxy) is 1. The Kier molecular flexibility index (Phi) is 5.88. The lowest BCUT2D eigenvalue weighted by Crippen LogP contribution is -2.17. The van der Waals surface area contributed by atoms with E-state index in [9.17, 15) is 4.79 Å². The normalized spacial score (nSPS) is 10.6. The summed E-state index contributed by atoms with van der Waals surface area (Å²) < 4.78 is 6.59. The van der Waals surface area contributed by atoms with Gasteiger partial charge in [0.2, 0.25) is 11.1 Å². The molecule has 3 N–H and O–H groups in total. The minimum Gasteiger partial charge on any atom is -0.495 e. The molecule has 1 amide bonds. The van der Waals surface area contributed by atoms with Crippen molar-refractivity contribution in [1.82, 2.24) is 14.9 Å². The third-order valence-corrected chi connectivity index (χ3v) is 5.01. The fourth-order valence-electron chi connectivity index (χ4n) is 2.44. The minimum atomic E-state index is -0.203. The summed E-state index contributed by atoms with van der Waals surface area (Å²) in [5.74, 6) is 7.02. The summed E-state index contributed by atoms with van der Waals surface area (Å²) in [4.78, 5) is 12.3. The molecule has 7 nitrogen and oxygen atoms in total. The van der Waals surface area contributed by atoms with Gasteiger partial charge in [-0.25, -0.2) is 4.68 Å². The van der Waals surface area contributed by atoms with E-state index in [2.05, 4.69) is 15.5 Å². The molecule has 2 aromatic carbocycles. The van der Waals surface area contributed by atoms with E-state index >= 15 is 0 Å². The number of amides is 1. The van der Waals surface area contributed by atoms with E-state index < -0.39 is 0 Å². The van der Waals surface area contributed by atoms with Crippen molar-refractivity contribution in [3.63, 3.8) is 0 Å². The van der Waals surface area contributed by atoms with Crippen molar-refractivity contribution in [2.45, 2.75) is 12.1 Å². The van der Waals surface area contributed by atoms with Gasteiger partial charge in [-0.3, -0.25) is 4.79 Å². The van der Waals surface area contributed by atoms with E-state index in [1.807, 2.05) is 37.3 Å². The largest absolute Gasteiger partial charge is 0.495 e. The number of rotatable bonds is 6. The molecule has 0 aliphatic heterocycles. The SMILES string of the molecule is COc1ccc(C)cc1NC(=O)CSc1nnc(-c2ccccc2Cl)n1N. The molecule has 0 radical (unpaired) electrons. The molecule has 3 rings (SSSR count). The van der Waals surface area contributed by atoms with Gasteiger partial charge in [0.15, 0.2) is 5.82 Å². The number of hydrogen-bond donors (Lipinski definition) is 2. The van der Waals surface area contributed by atoms with E-state index in [1.165, 1.54) is 16.4 Å². The van der Waals surface area contributed by atoms with Crippen LogP contribution in [0.1, 0.15) is 5.56 Å². The van der Waals surface area contributed by atoms with Gasteiger partial charge < -0.3 is 15.9 Å². The van der Waals surface area contributed by atoms with Crippen molar-refractivity contribution >= 4 is 35.0 Å². The molecule has 27 heavy (non-hydrogen) atoms. The van der Waals surface area contributed by atoms with Crippen LogP contribution in [0.3, 0.4) is 0 Å². The Morgan fingerprint density at radius 2 is 2.07 bits per heavy atom. The van der Waals surface area contributed by atoms with Gasteiger partial charge in [0.05, 0.1) is 23.6 Å². The first-order chi connectivity index (χ1) is 13.0. The number of anilines is 1. The third-order valence-electron chi connectivity index (χ3n) is 3.74. The second kappa shape index (κ2) is 8.32. The van der Waals surface area contributed by atoms with Crippen molar-refractivity contribution in [2.24, 2.45) is 0 Å². The molecule has 1 aromatic heterocycles. The lowest BCUT2D eigenvalue weighted by molar-refractivity contribution is -0.113. The van der Waals surface area contributed by atoms with Gasteiger partial charge in [0, 0.05) is 5.56 Å². The third kappa shape index (κ3) is 4.35. The van der Waals surface area contributed by atoms with E-state index in [0.717, 1.165) is 5.56 Å². The average molecular weight is 404 g/mol. The first kappa shape index (κ1) is 19.1.